The Morgan fingerprint density at radius 2 is 2.38 bits per heavy atom. The number of hydrogen-bond acceptors (Lipinski definition) is 3. The fraction of sp³-hybridized carbons (Fsp3) is 1.00. The normalized spacial score (nSPS) is 37.5. The first-order valence-corrected chi connectivity index (χ1v) is 6.78. The van der Waals surface area contributed by atoms with Gasteiger partial charge in [0.25, 0.3) is 0 Å². The maximum absolute atomic E-state index is 5.64. The first-order chi connectivity index (χ1) is 7.74. The molecule has 0 aromatic heterocycles. The average Bonchev–Trinajstić information content (AvgIpc) is 2.34. The van der Waals surface area contributed by atoms with E-state index in [0.29, 0.717) is 0 Å². The van der Waals surface area contributed by atoms with Crippen LogP contribution in [0.3, 0.4) is 0 Å². The number of piperidine rings is 1. The van der Waals surface area contributed by atoms with E-state index in [-0.39, 0.29) is 5.54 Å². The summed E-state index contributed by atoms with van der Waals surface area (Å²) in [5, 5.41) is 3.51. The van der Waals surface area contributed by atoms with Crippen molar-refractivity contribution in [3.8, 4) is 0 Å². The fourth-order valence-electron chi connectivity index (χ4n) is 2.86. The van der Waals surface area contributed by atoms with Gasteiger partial charge >= 0.3 is 0 Å². The highest BCUT2D eigenvalue weighted by Gasteiger charge is 2.34. The van der Waals surface area contributed by atoms with E-state index in [2.05, 4.69) is 24.1 Å². The zero-order valence-electron chi connectivity index (χ0n) is 10.8. The molecule has 0 spiro atoms. The summed E-state index contributed by atoms with van der Waals surface area (Å²) in [6, 6.07) is 0. The van der Waals surface area contributed by atoms with Crippen LogP contribution in [0.25, 0.3) is 0 Å². The second-order valence-corrected chi connectivity index (χ2v) is 5.56. The van der Waals surface area contributed by atoms with Crippen molar-refractivity contribution in [1.29, 1.82) is 0 Å². The minimum Gasteiger partial charge on any atom is -0.378 e. The van der Waals surface area contributed by atoms with Crippen LogP contribution in [0.4, 0.5) is 0 Å². The molecule has 0 amide bonds. The molecule has 2 fully saturated rings. The molecule has 0 aromatic carbocycles. The fourth-order valence-corrected chi connectivity index (χ4v) is 2.86. The van der Waals surface area contributed by atoms with E-state index in [1.54, 1.807) is 0 Å². The minimum atomic E-state index is 0.274. The molecule has 0 aliphatic carbocycles. The summed E-state index contributed by atoms with van der Waals surface area (Å²) in [5.74, 6) is 0.845. The summed E-state index contributed by atoms with van der Waals surface area (Å²) >= 11 is 0. The van der Waals surface area contributed by atoms with Gasteiger partial charge < -0.3 is 10.1 Å². The Labute approximate surface area is 99.5 Å². The highest BCUT2D eigenvalue weighted by Crippen LogP contribution is 2.25. The van der Waals surface area contributed by atoms with Crippen LogP contribution in [0.5, 0.6) is 0 Å². The number of nitrogens with zero attached hydrogens (tertiary/aromatic N) is 1. The summed E-state index contributed by atoms with van der Waals surface area (Å²) in [6.45, 7) is 11.2. The first-order valence-electron chi connectivity index (χ1n) is 6.78. The molecule has 0 saturated carbocycles. The molecule has 94 valence electrons. The predicted octanol–water partition coefficient (Wildman–Crippen LogP) is 1.49. The molecule has 2 saturated heterocycles. The molecule has 3 heteroatoms. The van der Waals surface area contributed by atoms with E-state index >= 15 is 0 Å². The molecule has 0 radical (unpaired) electrons. The van der Waals surface area contributed by atoms with Gasteiger partial charge in [-0.2, -0.15) is 0 Å². The van der Waals surface area contributed by atoms with Crippen molar-refractivity contribution in [3.63, 3.8) is 0 Å². The summed E-state index contributed by atoms with van der Waals surface area (Å²) in [4.78, 5) is 2.66. The molecule has 16 heavy (non-hydrogen) atoms. The van der Waals surface area contributed by atoms with Crippen molar-refractivity contribution in [2.45, 2.75) is 38.6 Å². The van der Waals surface area contributed by atoms with Crippen molar-refractivity contribution >= 4 is 0 Å². The van der Waals surface area contributed by atoms with Crippen molar-refractivity contribution in [3.05, 3.63) is 0 Å². The van der Waals surface area contributed by atoms with Crippen molar-refractivity contribution < 1.29 is 4.74 Å². The van der Waals surface area contributed by atoms with Crippen LogP contribution in [0.15, 0.2) is 0 Å². The second kappa shape index (κ2) is 5.48. The Bertz CT molecular complexity index is 216. The largest absolute Gasteiger partial charge is 0.378 e. The second-order valence-electron chi connectivity index (χ2n) is 5.56. The third-order valence-corrected chi connectivity index (χ3v) is 4.32. The zero-order chi connectivity index (χ0) is 11.4. The van der Waals surface area contributed by atoms with Crippen molar-refractivity contribution in [2.75, 3.05) is 39.4 Å². The number of morpholine rings is 1. The van der Waals surface area contributed by atoms with Gasteiger partial charge in [0.15, 0.2) is 0 Å². The van der Waals surface area contributed by atoms with Crippen LogP contribution in [0.2, 0.25) is 0 Å². The Kier molecular flexibility index (Phi) is 4.22. The standard InChI is InChI=1S/C13H26N2O/c1-3-13(2)11-16-8-7-15(13)10-12-5-4-6-14-9-12/h12,14H,3-11H2,1-2H3. The number of nitrogens with one attached hydrogen (secondary N) is 1. The summed E-state index contributed by atoms with van der Waals surface area (Å²) in [5.41, 5.74) is 0.274. The monoisotopic (exact) mass is 226 g/mol. The van der Waals surface area contributed by atoms with Crippen LogP contribution in [0, 0.1) is 5.92 Å². The molecule has 0 bridgehead atoms. The number of hydrogen-bond donors (Lipinski definition) is 1. The van der Waals surface area contributed by atoms with E-state index in [1.807, 2.05) is 0 Å². The lowest BCUT2D eigenvalue weighted by molar-refractivity contribution is -0.0687. The molecule has 2 rings (SSSR count). The molecule has 1 N–H and O–H groups in total. The number of ether oxygens (including phenoxy) is 1. The summed E-state index contributed by atoms with van der Waals surface area (Å²) in [7, 11) is 0. The summed E-state index contributed by atoms with van der Waals surface area (Å²) < 4.78 is 5.64. The van der Waals surface area contributed by atoms with E-state index < -0.39 is 0 Å². The van der Waals surface area contributed by atoms with Crippen LogP contribution in [-0.2, 0) is 4.74 Å². The SMILES string of the molecule is CCC1(C)COCCN1CC1CCCNC1. The molecule has 2 heterocycles. The molecule has 2 aliphatic rings. The molecule has 3 nitrogen and oxygen atoms in total. The smallest absolute Gasteiger partial charge is 0.0648 e. The lowest BCUT2D eigenvalue weighted by Gasteiger charge is -2.46. The zero-order valence-corrected chi connectivity index (χ0v) is 10.8. The van der Waals surface area contributed by atoms with Gasteiger partial charge in [-0.1, -0.05) is 6.92 Å². The first kappa shape index (κ1) is 12.3. The maximum Gasteiger partial charge on any atom is 0.0648 e. The Balaban J connectivity index is 1.90. The highest BCUT2D eigenvalue weighted by atomic mass is 16.5. The van der Waals surface area contributed by atoms with E-state index in [9.17, 15) is 0 Å². The van der Waals surface area contributed by atoms with Crippen LogP contribution < -0.4 is 5.32 Å². The van der Waals surface area contributed by atoms with E-state index in [0.717, 1.165) is 25.7 Å². The molecule has 2 aliphatic heterocycles. The van der Waals surface area contributed by atoms with Gasteiger partial charge in [0.2, 0.25) is 0 Å². The van der Waals surface area contributed by atoms with Crippen LogP contribution >= 0.6 is 0 Å². The van der Waals surface area contributed by atoms with Crippen LogP contribution in [-0.4, -0.2) is 49.8 Å². The molecule has 0 aromatic rings. The highest BCUT2D eigenvalue weighted by molar-refractivity contribution is 4.89. The predicted molar refractivity (Wildman–Crippen MR) is 66.7 cm³/mol. The topological polar surface area (TPSA) is 24.5 Å². The Morgan fingerprint density at radius 1 is 1.50 bits per heavy atom. The maximum atomic E-state index is 5.64. The third-order valence-electron chi connectivity index (χ3n) is 4.32. The van der Waals surface area contributed by atoms with Crippen molar-refractivity contribution in [1.82, 2.24) is 10.2 Å². The summed E-state index contributed by atoms with van der Waals surface area (Å²) in [6.07, 6.45) is 3.93. The lowest BCUT2D eigenvalue weighted by Crippen LogP contribution is -2.56. The Morgan fingerprint density at radius 3 is 3.06 bits per heavy atom. The average molecular weight is 226 g/mol. The van der Waals surface area contributed by atoms with E-state index in [1.165, 1.54) is 38.9 Å². The quantitative estimate of drug-likeness (QED) is 0.789. The molecular weight excluding hydrogens is 200 g/mol. The number of rotatable bonds is 3. The van der Waals surface area contributed by atoms with Crippen LogP contribution in [0.1, 0.15) is 33.1 Å². The molecule has 2 atom stereocenters. The van der Waals surface area contributed by atoms with Gasteiger partial charge in [0.05, 0.1) is 13.2 Å². The van der Waals surface area contributed by atoms with Gasteiger partial charge in [0, 0.05) is 18.6 Å². The van der Waals surface area contributed by atoms with Gasteiger partial charge in [-0.15, -0.1) is 0 Å². The minimum absolute atomic E-state index is 0.274. The van der Waals surface area contributed by atoms with Gasteiger partial charge in [0.1, 0.15) is 0 Å². The third kappa shape index (κ3) is 2.76. The van der Waals surface area contributed by atoms with Gasteiger partial charge in [-0.25, -0.2) is 0 Å². The van der Waals surface area contributed by atoms with Gasteiger partial charge in [-0.05, 0) is 45.2 Å². The van der Waals surface area contributed by atoms with Gasteiger partial charge in [-0.3, -0.25) is 4.90 Å². The van der Waals surface area contributed by atoms with E-state index in [4.69, 9.17) is 4.74 Å². The van der Waals surface area contributed by atoms with Crippen molar-refractivity contribution in [2.24, 2.45) is 5.92 Å². The Hall–Kier alpha value is -0.120. The molecule has 2 unspecified atom stereocenters. The lowest BCUT2D eigenvalue weighted by atomic mass is 9.92. The molecular formula is C13H26N2O.